The molecule has 0 aromatic heterocycles. The number of carbonyl (C=O) groups excluding carboxylic acids is 1. The van der Waals surface area contributed by atoms with Crippen LogP contribution >= 0.6 is 0 Å². The number of likely N-dealkylation sites (tertiary alicyclic amines) is 1. The molecule has 4 aliphatic rings. The third-order valence-electron chi connectivity index (χ3n) is 6.85. The second-order valence-corrected chi connectivity index (χ2v) is 7.87. The van der Waals surface area contributed by atoms with Gasteiger partial charge in [0, 0.05) is 35.4 Å². The summed E-state index contributed by atoms with van der Waals surface area (Å²) < 4.78 is 11.8. The highest BCUT2D eigenvalue weighted by molar-refractivity contribution is 5.72. The van der Waals surface area contributed by atoms with Gasteiger partial charge in [-0.3, -0.25) is 4.79 Å². The van der Waals surface area contributed by atoms with Gasteiger partial charge in [0.1, 0.15) is 6.10 Å². The van der Waals surface area contributed by atoms with E-state index in [0.29, 0.717) is 18.0 Å². The molecule has 2 bridgehead atoms. The highest BCUT2D eigenvalue weighted by Crippen LogP contribution is 2.64. The summed E-state index contributed by atoms with van der Waals surface area (Å²) in [5, 5.41) is 13.7. The molecular formula is C19H19N5O3. The van der Waals surface area contributed by atoms with Crippen molar-refractivity contribution in [1.82, 2.24) is 4.90 Å². The average Bonchev–Trinajstić information content (AvgIpc) is 2.99. The van der Waals surface area contributed by atoms with E-state index in [-0.39, 0.29) is 29.5 Å². The van der Waals surface area contributed by atoms with E-state index in [1.54, 1.807) is 6.07 Å². The van der Waals surface area contributed by atoms with Gasteiger partial charge in [-0.25, -0.2) is 0 Å². The zero-order valence-corrected chi connectivity index (χ0v) is 15.0. The SMILES string of the molecule is CC(=O)Oc1ccc2c3c1O[C@H]1[C@H](N=[N+]=[N-])CC[C@H]4[C@@H](C2)N(C#N)CC[C@@]341. The molecule has 0 radical (unpaired) electrons. The molecular weight excluding hydrogens is 346 g/mol. The number of azide groups is 1. The summed E-state index contributed by atoms with van der Waals surface area (Å²) in [4.78, 5) is 16.5. The summed E-state index contributed by atoms with van der Waals surface area (Å²) in [7, 11) is 0. The van der Waals surface area contributed by atoms with Crippen molar-refractivity contribution in [1.29, 1.82) is 5.26 Å². The van der Waals surface area contributed by atoms with E-state index in [9.17, 15) is 10.1 Å². The second kappa shape index (κ2) is 5.54. The molecule has 8 heteroatoms. The summed E-state index contributed by atoms with van der Waals surface area (Å²) in [6.07, 6.45) is 5.28. The normalized spacial score (nSPS) is 34.6. The predicted octanol–water partition coefficient (Wildman–Crippen LogP) is 2.81. The fourth-order valence-electron chi connectivity index (χ4n) is 6.05. The van der Waals surface area contributed by atoms with Crippen molar-refractivity contribution in [2.45, 2.75) is 56.2 Å². The molecule has 8 nitrogen and oxygen atoms in total. The summed E-state index contributed by atoms with van der Waals surface area (Å²) in [6.45, 7) is 2.04. The van der Waals surface area contributed by atoms with Crippen LogP contribution in [-0.4, -0.2) is 35.6 Å². The van der Waals surface area contributed by atoms with Crippen LogP contribution < -0.4 is 9.47 Å². The number of ether oxygens (including phenoxy) is 2. The van der Waals surface area contributed by atoms with Gasteiger partial charge in [0.2, 0.25) is 0 Å². The number of benzene rings is 1. The number of hydrogen-bond donors (Lipinski definition) is 0. The van der Waals surface area contributed by atoms with Gasteiger partial charge in [0.05, 0.1) is 6.04 Å². The molecule has 0 unspecified atom stereocenters. The molecule has 2 aliphatic carbocycles. The molecule has 0 N–H and O–H groups in total. The Hall–Kier alpha value is -2.91. The fraction of sp³-hybridized carbons (Fsp3) is 0.579. The van der Waals surface area contributed by atoms with Gasteiger partial charge in [-0.2, -0.15) is 5.26 Å². The highest BCUT2D eigenvalue weighted by atomic mass is 16.6. The van der Waals surface area contributed by atoms with Gasteiger partial charge in [0.15, 0.2) is 17.7 Å². The highest BCUT2D eigenvalue weighted by Gasteiger charge is 2.65. The Bertz CT molecular complexity index is 934. The second-order valence-electron chi connectivity index (χ2n) is 7.87. The van der Waals surface area contributed by atoms with E-state index < -0.39 is 5.97 Å². The minimum Gasteiger partial charge on any atom is -0.485 e. The minimum atomic E-state index is -0.390. The lowest BCUT2D eigenvalue weighted by Gasteiger charge is -2.58. The van der Waals surface area contributed by atoms with Crippen molar-refractivity contribution < 1.29 is 14.3 Å². The van der Waals surface area contributed by atoms with Crippen molar-refractivity contribution in [2.75, 3.05) is 6.54 Å². The van der Waals surface area contributed by atoms with Gasteiger partial charge < -0.3 is 14.4 Å². The summed E-state index contributed by atoms with van der Waals surface area (Å²) in [5.74, 6) is 0.937. The molecule has 1 aromatic rings. The van der Waals surface area contributed by atoms with Gasteiger partial charge in [-0.05, 0) is 48.8 Å². The molecule has 138 valence electrons. The van der Waals surface area contributed by atoms with Gasteiger partial charge in [-0.1, -0.05) is 11.2 Å². The van der Waals surface area contributed by atoms with Crippen LogP contribution in [0, 0.1) is 17.4 Å². The summed E-state index contributed by atoms with van der Waals surface area (Å²) >= 11 is 0. The molecule has 2 heterocycles. The van der Waals surface area contributed by atoms with Gasteiger partial charge in [0.25, 0.3) is 0 Å². The Morgan fingerprint density at radius 2 is 2.37 bits per heavy atom. The Kier molecular flexibility index (Phi) is 3.34. The van der Waals surface area contributed by atoms with Crippen LogP contribution in [0.4, 0.5) is 0 Å². The molecule has 1 saturated carbocycles. The third kappa shape index (κ3) is 1.98. The monoisotopic (exact) mass is 365 g/mol. The van der Waals surface area contributed by atoms with E-state index >= 15 is 0 Å². The van der Waals surface area contributed by atoms with Crippen LogP contribution in [0.2, 0.25) is 0 Å². The maximum absolute atomic E-state index is 11.6. The smallest absolute Gasteiger partial charge is 0.308 e. The van der Waals surface area contributed by atoms with E-state index in [1.807, 2.05) is 11.0 Å². The number of piperidine rings is 1. The van der Waals surface area contributed by atoms with Crippen LogP contribution in [0.5, 0.6) is 11.5 Å². The number of esters is 1. The zero-order valence-electron chi connectivity index (χ0n) is 15.0. The van der Waals surface area contributed by atoms with Crippen molar-refractivity contribution in [2.24, 2.45) is 11.0 Å². The lowest BCUT2D eigenvalue weighted by atomic mass is 9.51. The lowest BCUT2D eigenvalue weighted by molar-refractivity contribution is -0.132. The van der Waals surface area contributed by atoms with Crippen LogP contribution in [0.3, 0.4) is 0 Å². The first-order valence-corrected chi connectivity index (χ1v) is 9.32. The number of hydrogen-bond acceptors (Lipinski definition) is 6. The van der Waals surface area contributed by atoms with E-state index in [4.69, 9.17) is 15.0 Å². The maximum atomic E-state index is 11.6. The minimum absolute atomic E-state index is 0.139. The Balaban J connectivity index is 1.73. The number of carbonyl (C=O) groups is 1. The Morgan fingerprint density at radius 1 is 1.52 bits per heavy atom. The first kappa shape index (κ1) is 16.3. The predicted molar refractivity (Wildman–Crippen MR) is 93.9 cm³/mol. The van der Waals surface area contributed by atoms with Crippen LogP contribution in [0.15, 0.2) is 17.2 Å². The molecule has 27 heavy (non-hydrogen) atoms. The molecule has 1 aromatic carbocycles. The fourth-order valence-corrected chi connectivity index (χ4v) is 6.05. The molecule has 5 atom stereocenters. The van der Waals surface area contributed by atoms with E-state index in [0.717, 1.165) is 36.8 Å². The standard InChI is InChI=1S/C19H19N5O3/c1-10(25)26-15-5-2-11-8-14-12-3-4-13(22-23-21)18-19(12,6-7-24(14)9-20)16(11)17(15)27-18/h2,5,12-14,18H,3-4,6-8H2,1H3/t12-,13+,14+,18-,19-/m0/s1. The maximum Gasteiger partial charge on any atom is 0.308 e. The summed E-state index contributed by atoms with van der Waals surface area (Å²) in [6, 6.07) is 3.65. The first-order valence-electron chi connectivity index (χ1n) is 9.32. The van der Waals surface area contributed by atoms with E-state index in [1.165, 1.54) is 6.92 Å². The number of nitrogens with zero attached hydrogens (tertiary/aromatic N) is 5. The largest absolute Gasteiger partial charge is 0.485 e. The van der Waals surface area contributed by atoms with Gasteiger partial charge in [-0.15, -0.1) is 0 Å². The zero-order chi connectivity index (χ0) is 18.8. The Morgan fingerprint density at radius 3 is 3.11 bits per heavy atom. The molecule has 1 spiro atoms. The first-order chi connectivity index (χ1) is 13.1. The molecule has 2 aliphatic heterocycles. The van der Waals surface area contributed by atoms with Gasteiger partial charge >= 0.3 is 5.97 Å². The summed E-state index contributed by atoms with van der Waals surface area (Å²) in [5.41, 5.74) is 11.0. The van der Waals surface area contributed by atoms with Crippen molar-refractivity contribution >= 4 is 5.97 Å². The molecule has 2 fully saturated rings. The topological polar surface area (TPSA) is 111 Å². The number of nitriles is 1. The third-order valence-corrected chi connectivity index (χ3v) is 6.85. The molecule has 5 rings (SSSR count). The van der Waals surface area contributed by atoms with E-state index in [2.05, 4.69) is 16.2 Å². The average molecular weight is 365 g/mol. The molecule has 1 saturated heterocycles. The Labute approximate surface area is 156 Å². The quantitative estimate of drug-likeness (QED) is 0.200. The lowest BCUT2D eigenvalue weighted by Crippen LogP contribution is -2.65. The van der Waals surface area contributed by atoms with Crippen molar-refractivity contribution in [3.63, 3.8) is 0 Å². The molecule has 0 amide bonds. The number of rotatable bonds is 2. The van der Waals surface area contributed by atoms with Crippen LogP contribution in [-0.2, 0) is 16.6 Å². The van der Waals surface area contributed by atoms with Crippen molar-refractivity contribution in [3.8, 4) is 17.7 Å². The van der Waals surface area contributed by atoms with Crippen LogP contribution in [0.1, 0.15) is 37.3 Å². The van der Waals surface area contributed by atoms with Crippen LogP contribution in [0.25, 0.3) is 10.4 Å². The van der Waals surface area contributed by atoms with Crippen molar-refractivity contribution in [3.05, 3.63) is 33.7 Å².